The Labute approximate surface area is 167 Å². The van der Waals surface area contributed by atoms with E-state index in [0.717, 1.165) is 29.9 Å². The molecule has 3 atom stereocenters. The average Bonchev–Trinajstić information content (AvgIpc) is 3.16. The molecule has 1 aromatic carbocycles. The summed E-state index contributed by atoms with van der Waals surface area (Å²) in [7, 11) is 0. The van der Waals surface area contributed by atoms with E-state index in [-0.39, 0.29) is 17.9 Å². The van der Waals surface area contributed by atoms with Gasteiger partial charge < -0.3 is 10.1 Å². The van der Waals surface area contributed by atoms with Crippen molar-refractivity contribution in [3.05, 3.63) is 41.5 Å². The molecular formula is C25H31NO2. The van der Waals surface area contributed by atoms with Crippen LogP contribution in [0.1, 0.15) is 68.9 Å². The number of carbonyl (C=O) groups excluding carboxylic acids is 1. The summed E-state index contributed by atoms with van der Waals surface area (Å²) >= 11 is 0. The SMILES string of the molecule is CCOC(=O)[C@@H]1Nc2ccc(C34CC5CC(CC(C5)C3)C4)cc2[C@@H]2C=CC[C@H]12. The number of hydrogen-bond donors (Lipinski definition) is 1. The lowest BCUT2D eigenvalue weighted by molar-refractivity contribution is -0.145. The van der Waals surface area contributed by atoms with Crippen molar-refractivity contribution in [1.82, 2.24) is 0 Å². The normalized spacial score (nSPS) is 42.0. The van der Waals surface area contributed by atoms with Crippen LogP contribution in [0.3, 0.4) is 0 Å². The first-order chi connectivity index (χ1) is 13.6. The first-order valence-corrected chi connectivity index (χ1v) is 11.4. The Kier molecular flexibility index (Phi) is 3.74. The molecule has 0 radical (unpaired) electrons. The lowest BCUT2D eigenvalue weighted by Crippen LogP contribution is -2.48. The molecule has 0 spiro atoms. The number of fused-ring (bicyclic) bond motifs is 3. The minimum absolute atomic E-state index is 0.1000. The molecule has 0 unspecified atom stereocenters. The predicted molar refractivity (Wildman–Crippen MR) is 110 cm³/mol. The number of esters is 1. The van der Waals surface area contributed by atoms with Crippen LogP contribution in [0.15, 0.2) is 30.4 Å². The van der Waals surface area contributed by atoms with Crippen LogP contribution in [0, 0.1) is 23.7 Å². The molecule has 7 rings (SSSR count). The van der Waals surface area contributed by atoms with Crippen LogP contribution in [0.5, 0.6) is 0 Å². The maximum Gasteiger partial charge on any atom is 0.328 e. The number of nitrogens with one attached hydrogen (secondary N) is 1. The average molecular weight is 378 g/mol. The highest BCUT2D eigenvalue weighted by molar-refractivity contribution is 5.82. The molecule has 3 heteroatoms. The zero-order valence-electron chi connectivity index (χ0n) is 16.8. The molecule has 1 N–H and O–H groups in total. The highest BCUT2D eigenvalue weighted by Crippen LogP contribution is 2.61. The molecule has 0 saturated heterocycles. The Bertz CT molecular complexity index is 806. The van der Waals surface area contributed by atoms with Gasteiger partial charge in [0.15, 0.2) is 0 Å². The number of carbonyl (C=O) groups is 1. The first-order valence-electron chi connectivity index (χ1n) is 11.4. The van der Waals surface area contributed by atoms with E-state index in [1.54, 1.807) is 5.56 Å². The van der Waals surface area contributed by atoms with E-state index < -0.39 is 0 Å². The largest absolute Gasteiger partial charge is 0.464 e. The second kappa shape index (κ2) is 6.11. The second-order valence-electron chi connectivity index (χ2n) is 10.2. The van der Waals surface area contributed by atoms with Crippen molar-refractivity contribution >= 4 is 11.7 Å². The van der Waals surface area contributed by atoms with Gasteiger partial charge in [-0.3, -0.25) is 0 Å². The fraction of sp³-hybridized carbons (Fsp3) is 0.640. The number of allylic oxidation sites excluding steroid dienone is 2. The standard InChI is InChI=1S/C25H31NO2/c1-2-28-24(27)23-20-5-3-4-19(20)21-11-18(6-7-22(21)26-23)25-12-15-8-16(13-25)10-17(9-15)14-25/h3-4,6-7,11,15-17,19-20,23,26H,2,5,8-10,12-14H2,1H3/t15?,16?,17?,19-,20+,23-,25?/m1/s1. The van der Waals surface area contributed by atoms with E-state index in [1.807, 2.05) is 6.92 Å². The van der Waals surface area contributed by atoms with Gasteiger partial charge in [0, 0.05) is 17.5 Å². The summed E-state index contributed by atoms with van der Waals surface area (Å²) in [5, 5.41) is 3.54. The van der Waals surface area contributed by atoms with Crippen LogP contribution in [0.2, 0.25) is 0 Å². The third kappa shape index (κ3) is 2.44. The third-order valence-electron chi connectivity index (χ3n) is 8.55. The summed E-state index contributed by atoms with van der Waals surface area (Å²) < 4.78 is 5.36. The Balaban J connectivity index is 1.36. The highest BCUT2D eigenvalue weighted by atomic mass is 16.5. The maximum absolute atomic E-state index is 12.5. The van der Waals surface area contributed by atoms with Crippen LogP contribution >= 0.6 is 0 Å². The van der Waals surface area contributed by atoms with Gasteiger partial charge in [-0.25, -0.2) is 4.79 Å². The minimum atomic E-state index is -0.224. The second-order valence-corrected chi connectivity index (χ2v) is 10.2. The van der Waals surface area contributed by atoms with Crippen LogP contribution in [-0.2, 0) is 14.9 Å². The lowest BCUT2D eigenvalue weighted by Gasteiger charge is -2.57. The quantitative estimate of drug-likeness (QED) is 0.583. The van der Waals surface area contributed by atoms with Crippen LogP contribution in [0.4, 0.5) is 5.69 Å². The van der Waals surface area contributed by atoms with Crippen LogP contribution < -0.4 is 5.32 Å². The molecule has 4 fully saturated rings. The molecule has 148 valence electrons. The number of anilines is 1. The maximum atomic E-state index is 12.5. The summed E-state index contributed by atoms with van der Waals surface area (Å²) in [6.45, 7) is 2.33. The van der Waals surface area contributed by atoms with Crippen LogP contribution in [0.25, 0.3) is 0 Å². The van der Waals surface area contributed by atoms with Gasteiger partial charge in [-0.15, -0.1) is 0 Å². The number of hydrogen-bond acceptors (Lipinski definition) is 3. The molecule has 6 aliphatic rings. The molecule has 1 heterocycles. The van der Waals surface area contributed by atoms with Crippen molar-refractivity contribution < 1.29 is 9.53 Å². The van der Waals surface area contributed by atoms with Crippen molar-refractivity contribution in [2.24, 2.45) is 23.7 Å². The van der Waals surface area contributed by atoms with Crippen molar-refractivity contribution in [3.8, 4) is 0 Å². The molecule has 28 heavy (non-hydrogen) atoms. The van der Waals surface area contributed by atoms with Gasteiger partial charge in [-0.05, 0) is 92.2 Å². The molecule has 0 amide bonds. The monoisotopic (exact) mass is 377 g/mol. The number of ether oxygens (including phenoxy) is 1. The van der Waals surface area contributed by atoms with E-state index in [0.29, 0.717) is 17.9 Å². The summed E-state index contributed by atoms with van der Waals surface area (Å²) in [5.41, 5.74) is 4.56. The fourth-order valence-corrected chi connectivity index (χ4v) is 7.85. The van der Waals surface area contributed by atoms with Gasteiger partial charge in [0.1, 0.15) is 6.04 Å². The molecular weight excluding hydrogens is 346 g/mol. The smallest absolute Gasteiger partial charge is 0.328 e. The fourth-order valence-electron chi connectivity index (χ4n) is 7.85. The van der Waals surface area contributed by atoms with Gasteiger partial charge in [0.05, 0.1) is 6.61 Å². The third-order valence-corrected chi connectivity index (χ3v) is 8.55. The molecule has 3 nitrogen and oxygen atoms in total. The van der Waals surface area contributed by atoms with Crippen molar-refractivity contribution in [2.75, 3.05) is 11.9 Å². The van der Waals surface area contributed by atoms with Gasteiger partial charge in [-0.1, -0.05) is 24.3 Å². The van der Waals surface area contributed by atoms with E-state index in [2.05, 4.69) is 35.7 Å². The molecule has 0 aromatic heterocycles. The Morgan fingerprint density at radius 2 is 1.86 bits per heavy atom. The first kappa shape index (κ1) is 17.1. The number of rotatable bonds is 3. The Morgan fingerprint density at radius 3 is 2.54 bits per heavy atom. The van der Waals surface area contributed by atoms with E-state index in [1.165, 1.54) is 44.1 Å². The highest BCUT2D eigenvalue weighted by Gasteiger charge is 2.52. The van der Waals surface area contributed by atoms with Gasteiger partial charge in [0.2, 0.25) is 0 Å². The minimum Gasteiger partial charge on any atom is -0.464 e. The summed E-state index contributed by atoms with van der Waals surface area (Å²) in [6, 6.07) is 6.93. The lowest BCUT2D eigenvalue weighted by atomic mass is 9.48. The zero-order valence-corrected chi connectivity index (χ0v) is 16.8. The van der Waals surface area contributed by atoms with Crippen molar-refractivity contribution in [3.63, 3.8) is 0 Å². The van der Waals surface area contributed by atoms with Crippen molar-refractivity contribution in [1.29, 1.82) is 0 Å². The topological polar surface area (TPSA) is 38.3 Å². The molecule has 4 saturated carbocycles. The molecule has 1 aliphatic heterocycles. The summed E-state index contributed by atoms with van der Waals surface area (Å²) in [4.78, 5) is 12.5. The molecule has 1 aromatic rings. The summed E-state index contributed by atoms with van der Waals surface area (Å²) in [5.74, 6) is 3.43. The van der Waals surface area contributed by atoms with Gasteiger partial charge >= 0.3 is 5.97 Å². The molecule has 5 aliphatic carbocycles. The predicted octanol–water partition coefficient (Wildman–Crippen LogP) is 5.17. The number of benzene rings is 1. The van der Waals surface area contributed by atoms with Gasteiger partial charge in [-0.2, -0.15) is 0 Å². The van der Waals surface area contributed by atoms with E-state index in [4.69, 9.17) is 4.74 Å². The van der Waals surface area contributed by atoms with E-state index in [9.17, 15) is 4.79 Å². The van der Waals surface area contributed by atoms with Gasteiger partial charge in [0.25, 0.3) is 0 Å². The van der Waals surface area contributed by atoms with Crippen LogP contribution in [-0.4, -0.2) is 18.6 Å². The summed E-state index contributed by atoms with van der Waals surface area (Å²) in [6.07, 6.45) is 14.2. The Hall–Kier alpha value is -1.77. The van der Waals surface area contributed by atoms with E-state index >= 15 is 0 Å². The van der Waals surface area contributed by atoms with Crippen molar-refractivity contribution in [2.45, 2.75) is 69.2 Å². The molecule has 4 bridgehead atoms. The zero-order chi connectivity index (χ0) is 18.9. The Morgan fingerprint density at radius 1 is 1.14 bits per heavy atom.